The van der Waals surface area contributed by atoms with Crippen molar-refractivity contribution in [3.8, 4) is 0 Å². The quantitative estimate of drug-likeness (QED) is 0.417. The van der Waals surface area contributed by atoms with E-state index in [2.05, 4.69) is 20.3 Å². The monoisotopic (exact) mass is 567 g/mol. The van der Waals surface area contributed by atoms with Crippen molar-refractivity contribution in [1.29, 1.82) is 0 Å². The summed E-state index contributed by atoms with van der Waals surface area (Å²) in [5.41, 5.74) is -0.357. The van der Waals surface area contributed by atoms with Crippen molar-refractivity contribution in [1.82, 2.24) is 19.9 Å². The maximum Gasteiger partial charge on any atom is 0.419 e. The van der Waals surface area contributed by atoms with Crippen LogP contribution in [0.1, 0.15) is 41.6 Å². The number of nitrogens with zero attached hydrogens (tertiary/aromatic N) is 6. The van der Waals surface area contributed by atoms with Crippen molar-refractivity contribution in [2.24, 2.45) is 0 Å². The lowest BCUT2D eigenvalue weighted by Gasteiger charge is -2.30. The lowest BCUT2D eigenvalue weighted by atomic mass is 10.0. The number of anilines is 4. The Kier molecular flexibility index (Phi) is 7.71. The third-order valence-corrected chi connectivity index (χ3v) is 7.13. The Bertz CT molecular complexity index is 1330. The van der Waals surface area contributed by atoms with Crippen LogP contribution in [0.25, 0.3) is 0 Å². The molecule has 1 atom stereocenters. The average molecular weight is 568 g/mol. The third-order valence-electron chi connectivity index (χ3n) is 7.13. The minimum atomic E-state index is -4.56. The van der Waals surface area contributed by atoms with E-state index in [9.17, 15) is 31.4 Å². The molecule has 0 aromatic carbocycles. The molecule has 40 heavy (non-hydrogen) atoms. The van der Waals surface area contributed by atoms with Crippen molar-refractivity contribution in [2.45, 2.75) is 50.5 Å². The number of fused-ring (bicyclic) bond motifs is 1. The van der Waals surface area contributed by atoms with Crippen LogP contribution in [-0.4, -0.2) is 57.3 Å². The Hall–Kier alpha value is -3.68. The Balaban J connectivity index is 1.49. The predicted octanol–water partition coefficient (Wildman–Crippen LogP) is 5.00. The lowest BCUT2D eigenvalue weighted by molar-refractivity contribution is -0.138. The molecule has 3 aromatic rings. The van der Waals surface area contributed by atoms with Crippen LogP contribution in [0.3, 0.4) is 0 Å². The molecule has 0 spiro atoms. The maximum absolute atomic E-state index is 13.7. The van der Waals surface area contributed by atoms with Gasteiger partial charge in [-0.15, -0.1) is 0 Å². The lowest BCUT2D eigenvalue weighted by Crippen LogP contribution is -2.35. The molecule has 1 saturated heterocycles. The molecule has 2 aliphatic heterocycles. The van der Waals surface area contributed by atoms with Gasteiger partial charge in [0.25, 0.3) is 0 Å². The molecule has 5 rings (SSSR count). The Morgan fingerprint density at radius 1 is 0.925 bits per heavy atom. The third kappa shape index (κ3) is 5.91. The zero-order valence-corrected chi connectivity index (χ0v) is 21.3. The smallest absolute Gasteiger partial charge is 0.394 e. The highest BCUT2D eigenvalue weighted by atomic mass is 19.4. The number of pyridine rings is 2. The van der Waals surface area contributed by atoms with E-state index in [0.29, 0.717) is 43.4 Å². The number of aliphatic hydroxyl groups excluding tert-OH is 1. The van der Waals surface area contributed by atoms with Gasteiger partial charge in [-0.2, -0.15) is 31.3 Å². The summed E-state index contributed by atoms with van der Waals surface area (Å²) in [6.07, 6.45) is -4.29. The minimum Gasteiger partial charge on any atom is -0.394 e. The highest BCUT2D eigenvalue weighted by Gasteiger charge is 2.36. The van der Waals surface area contributed by atoms with Gasteiger partial charge in [0.2, 0.25) is 5.95 Å². The molecule has 3 aromatic heterocycles. The molecule has 5 heterocycles. The Labute approximate surface area is 226 Å². The number of alkyl halides is 6. The highest BCUT2D eigenvalue weighted by molar-refractivity contribution is 5.60. The number of aromatic nitrogens is 4. The number of nitrogens with one attached hydrogen (secondary N) is 1. The molecule has 0 aliphatic carbocycles. The molecule has 1 fully saturated rings. The molecule has 0 amide bonds. The van der Waals surface area contributed by atoms with E-state index in [-0.39, 0.29) is 37.3 Å². The number of rotatable bonds is 5. The van der Waals surface area contributed by atoms with E-state index in [4.69, 9.17) is 4.98 Å². The first kappa shape index (κ1) is 27.9. The van der Waals surface area contributed by atoms with Crippen molar-refractivity contribution in [3.05, 3.63) is 59.0 Å². The van der Waals surface area contributed by atoms with E-state index < -0.39 is 23.5 Å². The van der Waals surface area contributed by atoms with Crippen LogP contribution in [0, 0.1) is 0 Å². The number of hydrogen-bond donors (Lipinski definition) is 2. The molecule has 8 nitrogen and oxygen atoms in total. The second-order valence-electron chi connectivity index (χ2n) is 9.74. The largest absolute Gasteiger partial charge is 0.419 e. The van der Waals surface area contributed by atoms with Crippen LogP contribution in [-0.2, 0) is 25.2 Å². The maximum atomic E-state index is 13.7. The van der Waals surface area contributed by atoms with Crippen LogP contribution >= 0.6 is 0 Å². The van der Waals surface area contributed by atoms with Gasteiger partial charge in [0, 0.05) is 44.0 Å². The summed E-state index contributed by atoms with van der Waals surface area (Å²) < 4.78 is 80.1. The van der Waals surface area contributed by atoms with Crippen LogP contribution in [0.4, 0.5) is 49.7 Å². The molecular weight excluding hydrogens is 540 g/mol. The van der Waals surface area contributed by atoms with E-state index in [1.54, 1.807) is 4.90 Å². The molecule has 0 radical (unpaired) electrons. The van der Waals surface area contributed by atoms with E-state index in [1.165, 1.54) is 18.3 Å². The Morgan fingerprint density at radius 3 is 2.45 bits per heavy atom. The second kappa shape index (κ2) is 11.1. The molecular formula is C26H27F6N7O. The fourth-order valence-electron chi connectivity index (χ4n) is 5.15. The van der Waals surface area contributed by atoms with E-state index in [0.717, 1.165) is 36.7 Å². The summed E-state index contributed by atoms with van der Waals surface area (Å²) in [4.78, 5) is 20.9. The number of aliphatic hydroxyl groups is 1. The van der Waals surface area contributed by atoms with Gasteiger partial charge in [-0.25, -0.2) is 15.0 Å². The molecule has 1 unspecified atom stereocenters. The SMILES string of the molecule is OCC1CCCN1c1nc2c(c(Nc3ccc(C(F)(F)F)cn3)n1)CCCN(c1ncccc1C(F)(F)F)CC2. The van der Waals surface area contributed by atoms with Gasteiger partial charge in [-0.1, -0.05) is 0 Å². The van der Waals surface area contributed by atoms with Crippen LogP contribution in [0.2, 0.25) is 0 Å². The van der Waals surface area contributed by atoms with Crippen molar-refractivity contribution >= 4 is 23.4 Å². The van der Waals surface area contributed by atoms with E-state index in [1.807, 2.05) is 4.90 Å². The van der Waals surface area contributed by atoms with Gasteiger partial charge >= 0.3 is 12.4 Å². The van der Waals surface area contributed by atoms with Gasteiger partial charge in [0.15, 0.2) is 0 Å². The Morgan fingerprint density at radius 2 is 1.75 bits per heavy atom. The zero-order valence-electron chi connectivity index (χ0n) is 21.3. The summed E-state index contributed by atoms with van der Waals surface area (Å²) in [5.74, 6) is 0.732. The first-order valence-electron chi connectivity index (χ1n) is 12.9. The van der Waals surface area contributed by atoms with Gasteiger partial charge in [0.05, 0.1) is 29.5 Å². The zero-order chi connectivity index (χ0) is 28.5. The van der Waals surface area contributed by atoms with Gasteiger partial charge in [0.1, 0.15) is 17.5 Å². The number of halogens is 6. The van der Waals surface area contributed by atoms with E-state index >= 15 is 0 Å². The van der Waals surface area contributed by atoms with Crippen LogP contribution < -0.4 is 15.1 Å². The van der Waals surface area contributed by atoms with Gasteiger partial charge in [-0.3, -0.25) is 0 Å². The molecule has 214 valence electrons. The number of hydrogen-bond acceptors (Lipinski definition) is 8. The van der Waals surface area contributed by atoms with Gasteiger partial charge in [-0.05, 0) is 49.9 Å². The normalized spacial score (nSPS) is 18.3. The topological polar surface area (TPSA) is 90.3 Å². The summed E-state index contributed by atoms with van der Waals surface area (Å²) in [5, 5.41) is 12.9. The first-order chi connectivity index (χ1) is 19.0. The summed E-state index contributed by atoms with van der Waals surface area (Å²) in [6, 6.07) is 4.21. The molecule has 2 aliphatic rings. The minimum absolute atomic E-state index is 0.0999. The van der Waals surface area contributed by atoms with Crippen molar-refractivity contribution in [2.75, 3.05) is 41.4 Å². The standard InChI is InChI=1S/C26H27F6N7O/c27-25(28,29)16-7-8-21(34-14-16)36-22-18-5-3-11-38(23-19(26(30,31)32)6-1-10-33-23)13-9-20(18)35-24(37-22)39-12-2-4-17(39)15-40/h1,6-8,10,14,17,40H,2-5,9,11-13,15H2,(H,34,35,36,37). The summed E-state index contributed by atoms with van der Waals surface area (Å²) in [6.45, 7) is 1.03. The highest BCUT2D eigenvalue weighted by Crippen LogP contribution is 2.37. The van der Waals surface area contributed by atoms with Crippen LogP contribution in [0.5, 0.6) is 0 Å². The fraction of sp³-hybridized carbons (Fsp3) is 0.462. The van der Waals surface area contributed by atoms with Gasteiger partial charge < -0.3 is 20.2 Å². The summed E-state index contributed by atoms with van der Waals surface area (Å²) >= 11 is 0. The molecule has 0 saturated carbocycles. The fourth-order valence-corrected chi connectivity index (χ4v) is 5.15. The van der Waals surface area contributed by atoms with Crippen molar-refractivity contribution < 1.29 is 31.4 Å². The van der Waals surface area contributed by atoms with Crippen LogP contribution in [0.15, 0.2) is 36.7 Å². The molecule has 2 N–H and O–H groups in total. The summed E-state index contributed by atoms with van der Waals surface area (Å²) in [7, 11) is 0. The molecule has 14 heteroatoms. The second-order valence-corrected chi connectivity index (χ2v) is 9.74. The first-order valence-corrected chi connectivity index (χ1v) is 12.9. The predicted molar refractivity (Wildman–Crippen MR) is 135 cm³/mol. The average Bonchev–Trinajstić information content (AvgIpc) is 3.38. The molecule has 0 bridgehead atoms. The van der Waals surface area contributed by atoms with Crippen molar-refractivity contribution in [3.63, 3.8) is 0 Å².